The Kier molecular flexibility index (Phi) is 3.71. The zero-order valence-electron chi connectivity index (χ0n) is 11.4. The highest BCUT2D eigenvalue weighted by atomic mass is 35.5. The van der Waals surface area contributed by atoms with Crippen molar-refractivity contribution in [1.82, 2.24) is 15.3 Å². The second-order valence-electron chi connectivity index (χ2n) is 4.67. The molecule has 0 atom stereocenters. The molecule has 0 aliphatic carbocycles. The molecule has 0 saturated heterocycles. The molecule has 3 rings (SSSR count). The SMILES string of the molecule is CS(=O)(=O)Cc1noc(-c2cc(-c3cccc(Cl)c3)no2)n1. The smallest absolute Gasteiger partial charge is 0.296 e. The third-order valence-electron chi connectivity index (χ3n) is 2.70. The summed E-state index contributed by atoms with van der Waals surface area (Å²) < 4.78 is 32.5. The summed E-state index contributed by atoms with van der Waals surface area (Å²) in [5, 5.41) is 8.09. The number of hydrogen-bond acceptors (Lipinski definition) is 7. The van der Waals surface area contributed by atoms with Crippen LogP contribution < -0.4 is 0 Å². The summed E-state index contributed by atoms with van der Waals surface area (Å²) in [6.45, 7) is 0. The summed E-state index contributed by atoms with van der Waals surface area (Å²) >= 11 is 5.93. The van der Waals surface area contributed by atoms with E-state index in [1.165, 1.54) is 0 Å². The molecule has 0 aliphatic rings. The predicted octanol–water partition coefficient (Wildman–Crippen LogP) is 2.59. The quantitative estimate of drug-likeness (QED) is 0.720. The zero-order valence-corrected chi connectivity index (χ0v) is 12.9. The maximum absolute atomic E-state index is 11.2. The van der Waals surface area contributed by atoms with Crippen molar-refractivity contribution >= 4 is 21.4 Å². The minimum Gasteiger partial charge on any atom is -0.350 e. The molecule has 0 fully saturated rings. The van der Waals surface area contributed by atoms with E-state index in [0.717, 1.165) is 11.8 Å². The first kappa shape index (κ1) is 14.7. The summed E-state index contributed by atoms with van der Waals surface area (Å²) in [7, 11) is -3.23. The number of sulfone groups is 1. The highest BCUT2D eigenvalue weighted by Gasteiger charge is 2.17. The Bertz CT molecular complexity index is 917. The number of rotatable bonds is 4. The van der Waals surface area contributed by atoms with Gasteiger partial charge in [0.15, 0.2) is 15.7 Å². The van der Waals surface area contributed by atoms with E-state index in [2.05, 4.69) is 15.3 Å². The zero-order chi connectivity index (χ0) is 15.7. The van der Waals surface area contributed by atoms with Crippen molar-refractivity contribution in [2.45, 2.75) is 5.75 Å². The van der Waals surface area contributed by atoms with Gasteiger partial charge in [0, 0.05) is 22.9 Å². The lowest BCUT2D eigenvalue weighted by Crippen LogP contribution is -2.02. The van der Waals surface area contributed by atoms with Crippen LogP contribution in [0.5, 0.6) is 0 Å². The minimum atomic E-state index is -3.23. The first-order valence-electron chi connectivity index (χ1n) is 6.14. The molecule has 0 saturated carbocycles. The molecule has 0 N–H and O–H groups in total. The normalized spacial score (nSPS) is 11.7. The molecule has 9 heteroatoms. The molecule has 114 valence electrons. The summed E-state index contributed by atoms with van der Waals surface area (Å²) in [4.78, 5) is 3.97. The van der Waals surface area contributed by atoms with E-state index in [-0.39, 0.29) is 23.2 Å². The van der Waals surface area contributed by atoms with E-state index >= 15 is 0 Å². The second-order valence-corrected chi connectivity index (χ2v) is 7.25. The molecule has 2 heterocycles. The molecule has 0 radical (unpaired) electrons. The molecule has 2 aromatic heterocycles. The maximum atomic E-state index is 11.2. The Labute approximate surface area is 130 Å². The van der Waals surface area contributed by atoms with Gasteiger partial charge in [0.2, 0.25) is 5.76 Å². The minimum absolute atomic E-state index is 0.0678. The van der Waals surface area contributed by atoms with E-state index < -0.39 is 9.84 Å². The molecule has 0 amide bonds. The van der Waals surface area contributed by atoms with Crippen LogP contribution in [-0.2, 0) is 15.6 Å². The summed E-state index contributed by atoms with van der Waals surface area (Å²) in [6.07, 6.45) is 1.09. The van der Waals surface area contributed by atoms with E-state index in [4.69, 9.17) is 20.6 Å². The van der Waals surface area contributed by atoms with Crippen molar-refractivity contribution in [3.8, 4) is 22.9 Å². The van der Waals surface area contributed by atoms with Crippen LogP contribution in [0.2, 0.25) is 5.02 Å². The molecular formula is C13H10ClN3O4S. The Balaban J connectivity index is 1.88. The van der Waals surface area contributed by atoms with Gasteiger partial charge in [-0.1, -0.05) is 34.0 Å². The average molecular weight is 340 g/mol. The highest BCUT2D eigenvalue weighted by Crippen LogP contribution is 2.26. The van der Waals surface area contributed by atoms with E-state index in [1.807, 2.05) is 6.07 Å². The number of aromatic nitrogens is 3. The van der Waals surface area contributed by atoms with Crippen molar-refractivity contribution in [1.29, 1.82) is 0 Å². The van der Waals surface area contributed by atoms with E-state index in [0.29, 0.717) is 10.7 Å². The molecular weight excluding hydrogens is 330 g/mol. The lowest BCUT2D eigenvalue weighted by Gasteiger charge is -1.94. The lowest BCUT2D eigenvalue weighted by atomic mass is 10.1. The van der Waals surface area contributed by atoms with Gasteiger partial charge in [-0.15, -0.1) is 0 Å². The van der Waals surface area contributed by atoms with Crippen LogP contribution in [-0.4, -0.2) is 30.0 Å². The van der Waals surface area contributed by atoms with Gasteiger partial charge in [-0.25, -0.2) is 8.42 Å². The molecule has 0 unspecified atom stereocenters. The van der Waals surface area contributed by atoms with Crippen molar-refractivity contribution in [3.05, 3.63) is 41.2 Å². The van der Waals surface area contributed by atoms with Gasteiger partial charge >= 0.3 is 0 Å². The standard InChI is InChI=1S/C13H10ClN3O4S/c1-22(18,19)7-12-15-13(21-17-12)11-6-10(16-20-11)8-3-2-4-9(14)5-8/h2-6H,7H2,1H3. The third kappa shape index (κ3) is 3.34. The van der Waals surface area contributed by atoms with E-state index in [1.54, 1.807) is 24.3 Å². The highest BCUT2D eigenvalue weighted by molar-refractivity contribution is 7.89. The van der Waals surface area contributed by atoms with Crippen LogP contribution in [0, 0.1) is 0 Å². The van der Waals surface area contributed by atoms with Crippen molar-refractivity contribution in [2.75, 3.05) is 6.26 Å². The summed E-state index contributed by atoms with van der Waals surface area (Å²) in [5.74, 6) is 0.0889. The Morgan fingerprint density at radius 2 is 2.00 bits per heavy atom. The molecule has 7 nitrogen and oxygen atoms in total. The molecule has 0 aliphatic heterocycles. The average Bonchev–Trinajstić information content (AvgIpc) is 3.05. The summed E-state index contributed by atoms with van der Waals surface area (Å²) in [5.41, 5.74) is 1.33. The fourth-order valence-corrected chi connectivity index (χ4v) is 2.58. The first-order valence-corrected chi connectivity index (χ1v) is 8.58. The van der Waals surface area contributed by atoms with Gasteiger partial charge < -0.3 is 9.05 Å². The largest absolute Gasteiger partial charge is 0.350 e. The second kappa shape index (κ2) is 5.54. The molecule has 3 aromatic rings. The topological polar surface area (TPSA) is 99.1 Å². The molecule has 0 spiro atoms. The van der Waals surface area contributed by atoms with Gasteiger partial charge in [0.1, 0.15) is 11.4 Å². The van der Waals surface area contributed by atoms with Crippen molar-refractivity contribution < 1.29 is 17.5 Å². The van der Waals surface area contributed by atoms with Crippen LogP contribution in [0.25, 0.3) is 22.9 Å². The van der Waals surface area contributed by atoms with Crippen LogP contribution in [0.15, 0.2) is 39.4 Å². The number of hydrogen-bond donors (Lipinski definition) is 0. The molecule has 0 bridgehead atoms. The maximum Gasteiger partial charge on any atom is 0.296 e. The van der Waals surface area contributed by atoms with Crippen LogP contribution in [0.1, 0.15) is 5.82 Å². The third-order valence-corrected chi connectivity index (χ3v) is 3.72. The van der Waals surface area contributed by atoms with Gasteiger partial charge in [-0.3, -0.25) is 0 Å². The van der Waals surface area contributed by atoms with Crippen molar-refractivity contribution in [3.63, 3.8) is 0 Å². The summed E-state index contributed by atoms with van der Waals surface area (Å²) in [6, 6.07) is 8.73. The van der Waals surface area contributed by atoms with Gasteiger partial charge in [-0.05, 0) is 12.1 Å². The number of benzene rings is 1. The predicted molar refractivity (Wildman–Crippen MR) is 78.8 cm³/mol. The van der Waals surface area contributed by atoms with Crippen LogP contribution >= 0.6 is 11.6 Å². The van der Waals surface area contributed by atoms with Crippen molar-refractivity contribution in [2.24, 2.45) is 0 Å². The number of halogens is 1. The van der Waals surface area contributed by atoms with Crippen LogP contribution in [0.4, 0.5) is 0 Å². The molecule has 22 heavy (non-hydrogen) atoms. The monoisotopic (exact) mass is 339 g/mol. The van der Waals surface area contributed by atoms with E-state index in [9.17, 15) is 8.42 Å². The fourth-order valence-electron chi connectivity index (χ4n) is 1.81. The Morgan fingerprint density at radius 1 is 1.18 bits per heavy atom. The van der Waals surface area contributed by atoms with Gasteiger partial charge in [0.05, 0.1) is 0 Å². The molecule has 1 aromatic carbocycles. The fraction of sp³-hybridized carbons (Fsp3) is 0.154. The number of nitrogens with zero attached hydrogens (tertiary/aromatic N) is 3. The van der Waals surface area contributed by atoms with Gasteiger partial charge in [0.25, 0.3) is 5.89 Å². The van der Waals surface area contributed by atoms with Crippen LogP contribution in [0.3, 0.4) is 0 Å². The lowest BCUT2D eigenvalue weighted by molar-refractivity contribution is 0.383. The van der Waals surface area contributed by atoms with Gasteiger partial charge in [-0.2, -0.15) is 4.98 Å². The Morgan fingerprint density at radius 3 is 2.73 bits per heavy atom. The Hall–Kier alpha value is -2.19. The first-order chi connectivity index (χ1) is 10.4.